The van der Waals surface area contributed by atoms with Gasteiger partial charge in [0.2, 0.25) is 5.91 Å². The summed E-state index contributed by atoms with van der Waals surface area (Å²) in [6.45, 7) is 3.35. The van der Waals surface area contributed by atoms with Crippen LogP contribution < -0.4 is 10.6 Å². The molecule has 0 radical (unpaired) electrons. The van der Waals surface area contributed by atoms with Gasteiger partial charge in [-0.1, -0.05) is 37.9 Å². The number of hydrogen-bond donors (Lipinski definition) is 2. The van der Waals surface area contributed by atoms with E-state index in [1.807, 2.05) is 13.8 Å². The van der Waals surface area contributed by atoms with Gasteiger partial charge in [-0.25, -0.2) is 0 Å². The molecule has 0 fully saturated rings. The van der Waals surface area contributed by atoms with Crippen LogP contribution in [-0.2, 0) is 9.59 Å². The zero-order valence-corrected chi connectivity index (χ0v) is 12.3. The van der Waals surface area contributed by atoms with E-state index in [-0.39, 0.29) is 5.92 Å². The van der Waals surface area contributed by atoms with Gasteiger partial charge in [0, 0.05) is 10.7 Å². The van der Waals surface area contributed by atoms with Crippen molar-refractivity contribution in [2.75, 3.05) is 11.4 Å². The fraction of sp³-hybridized carbons (Fsp3) is 0.429. The fourth-order valence-corrected chi connectivity index (χ4v) is 1.94. The molecule has 1 aromatic carbocycles. The molecule has 1 rings (SSSR count). The number of aliphatic carboxylic acids is 1. The van der Waals surface area contributed by atoms with Crippen molar-refractivity contribution in [2.24, 2.45) is 11.7 Å². The lowest BCUT2D eigenvalue weighted by Gasteiger charge is -2.27. The fourth-order valence-electron chi connectivity index (χ4n) is 1.75. The molecular formula is C14H19ClN2O3. The zero-order chi connectivity index (χ0) is 15.3. The van der Waals surface area contributed by atoms with Crippen molar-refractivity contribution in [3.63, 3.8) is 0 Å². The first-order valence-corrected chi connectivity index (χ1v) is 6.79. The van der Waals surface area contributed by atoms with Crippen LogP contribution in [0.4, 0.5) is 5.69 Å². The molecule has 20 heavy (non-hydrogen) atoms. The maximum atomic E-state index is 12.4. The van der Waals surface area contributed by atoms with Gasteiger partial charge < -0.3 is 10.8 Å². The first-order valence-electron chi connectivity index (χ1n) is 6.41. The van der Waals surface area contributed by atoms with Crippen LogP contribution in [0.25, 0.3) is 0 Å². The number of carbonyl (C=O) groups is 2. The van der Waals surface area contributed by atoms with Crippen LogP contribution in [0.15, 0.2) is 24.3 Å². The first kappa shape index (κ1) is 16.5. The summed E-state index contributed by atoms with van der Waals surface area (Å²) in [5, 5.41) is 9.41. The SMILES string of the molecule is CCC(C)C(N)C(=O)N(CC(=O)O)c1cccc(Cl)c1. The number of rotatable bonds is 6. The molecule has 0 saturated carbocycles. The Hall–Kier alpha value is -1.59. The normalized spacial score (nSPS) is 13.6. The molecule has 0 aromatic heterocycles. The lowest BCUT2D eigenvalue weighted by molar-refractivity contribution is -0.137. The van der Waals surface area contributed by atoms with Crippen molar-refractivity contribution in [2.45, 2.75) is 26.3 Å². The molecule has 1 amide bonds. The molecule has 0 aliphatic carbocycles. The second-order valence-electron chi connectivity index (χ2n) is 4.71. The predicted molar refractivity (Wildman–Crippen MR) is 78.9 cm³/mol. The van der Waals surface area contributed by atoms with E-state index in [9.17, 15) is 9.59 Å². The second kappa shape index (κ2) is 7.26. The molecule has 0 saturated heterocycles. The van der Waals surface area contributed by atoms with Gasteiger partial charge in [0.1, 0.15) is 6.54 Å². The van der Waals surface area contributed by atoms with Crippen LogP contribution in [0.5, 0.6) is 0 Å². The summed E-state index contributed by atoms with van der Waals surface area (Å²) in [4.78, 5) is 24.5. The quantitative estimate of drug-likeness (QED) is 0.842. The summed E-state index contributed by atoms with van der Waals surface area (Å²) >= 11 is 5.88. The first-order chi connectivity index (χ1) is 9.36. The molecule has 2 atom stereocenters. The number of carboxylic acids is 1. The maximum Gasteiger partial charge on any atom is 0.323 e. The Morgan fingerprint density at radius 1 is 1.45 bits per heavy atom. The monoisotopic (exact) mass is 298 g/mol. The highest BCUT2D eigenvalue weighted by atomic mass is 35.5. The van der Waals surface area contributed by atoms with Crippen molar-refractivity contribution in [1.82, 2.24) is 0 Å². The smallest absolute Gasteiger partial charge is 0.323 e. The number of carbonyl (C=O) groups excluding carboxylic acids is 1. The number of nitrogens with two attached hydrogens (primary N) is 1. The average molecular weight is 299 g/mol. The van der Waals surface area contributed by atoms with Crippen LogP contribution in [0, 0.1) is 5.92 Å². The molecule has 2 unspecified atom stereocenters. The van der Waals surface area contributed by atoms with E-state index >= 15 is 0 Å². The van der Waals surface area contributed by atoms with E-state index < -0.39 is 24.5 Å². The average Bonchev–Trinajstić information content (AvgIpc) is 2.42. The van der Waals surface area contributed by atoms with Gasteiger partial charge in [-0.05, 0) is 24.1 Å². The van der Waals surface area contributed by atoms with E-state index in [1.54, 1.807) is 24.3 Å². The van der Waals surface area contributed by atoms with Gasteiger partial charge in [-0.3, -0.25) is 14.5 Å². The Bertz CT molecular complexity index is 493. The van der Waals surface area contributed by atoms with Gasteiger partial charge in [0.15, 0.2) is 0 Å². The van der Waals surface area contributed by atoms with E-state index in [0.717, 1.165) is 11.3 Å². The number of carboxylic acid groups (broad SMARTS) is 1. The molecule has 0 bridgehead atoms. The highest BCUT2D eigenvalue weighted by Crippen LogP contribution is 2.21. The van der Waals surface area contributed by atoms with Crippen LogP contribution in [0.1, 0.15) is 20.3 Å². The largest absolute Gasteiger partial charge is 0.480 e. The van der Waals surface area contributed by atoms with Crippen molar-refractivity contribution >= 4 is 29.2 Å². The summed E-state index contributed by atoms with van der Waals surface area (Å²) in [6.07, 6.45) is 0.739. The summed E-state index contributed by atoms with van der Waals surface area (Å²) in [7, 11) is 0. The number of nitrogens with zero attached hydrogens (tertiary/aromatic N) is 1. The molecule has 110 valence electrons. The minimum absolute atomic E-state index is 0.0296. The summed E-state index contributed by atoms with van der Waals surface area (Å²) in [6, 6.07) is 5.76. The van der Waals surface area contributed by atoms with Crippen LogP contribution in [0.2, 0.25) is 5.02 Å². The van der Waals surface area contributed by atoms with Crippen molar-refractivity contribution in [3.8, 4) is 0 Å². The predicted octanol–water partition coefficient (Wildman–Crippen LogP) is 2.13. The van der Waals surface area contributed by atoms with Gasteiger partial charge in [-0.15, -0.1) is 0 Å². The topological polar surface area (TPSA) is 83.6 Å². The Balaban J connectivity index is 3.06. The third kappa shape index (κ3) is 4.21. The summed E-state index contributed by atoms with van der Waals surface area (Å²) < 4.78 is 0. The third-order valence-corrected chi connectivity index (χ3v) is 3.46. The second-order valence-corrected chi connectivity index (χ2v) is 5.15. The van der Waals surface area contributed by atoms with Gasteiger partial charge in [0.25, 0.3) is 0 Å². The van der Waals surface area contributed by atoms with Crippen molar-refractivity contribution < 1.29 is 14.7 Å². The van der Waals surface area contributed by atoms with E-state index in [4.69, 9.17) is 22.4 Å². The number of hydrogen-bond acceptors (Lipinski definition) is 3. The maximum absolute atomic E-state index is 12.4. The standard InChI is InChI=1S/C14H19ClN2O3/c1-3-9(2)13(16)14(20)17(8-12(18)19)11-6-4-5-10(15)7-11/h4-7,9,13H,3,8,16H2,1-2H3,(H,18,19). The molecule has 0 heterocycles. The van der Waals surface area contributed by atoms with E-state index in [0.29, 0.717) is 10.7 Å². The third-order valence-electron chi connectivity index (χ3n) is 3.22. The molecule has 0 aliphatic heterocycles. The highest BCUT2D eigenvalue weighted by molar-refractivity contribution is 6.31. The number of amides is 1. The molecule has 1 aromatic rings. The Morgan fingerprint density at radius 3 is 2.60 bits per heavy atom. The molecule has 5 nitrogen and oxygen atoms in total. The number of anilines is 1. The zero-order valence-electron chi connectivity index (χ0n) is 11.5. The minimum Gasteiger partial charge on any atom is -0.480 e. The Kier molecular flexibility index (Phi) is 5.98. The molecular weight excluding hydrogens is 280 g/mol. The molecule has 6 heteroatoms. The van der Waals surface area contributed by atoms with Crippen LogP contribution in [0.3, 0.4) is 0 Å². The van der Waals surface area contributed by atoms with Crippen LogP contribution >= 0.6 is 11.6 Å². The molecule has 0 aliphatic rings. The van der Waals surface area contributed by atoms with E-state index in [2.05, 4.69) is 0 Å². The van der Waals surface area contributed by atoms with Crippen LogP contribution in [-0.4, -0.2) is 29.6 Å². The summed E-state index contributed by atoms with van der Waals surface area (Å²) in [5.74, 6) is -1.54. The van der Waals surface area contributed by atoms with Crippen molar-refractivity contribution in [1.29, 1.82) is 0 Å². The molecule has 3 N–H and O–H groups in total. The number of halogens is 1. The van der Waals surface area contributed by atoms with Crippen molar-refractivity contribution in [3.05, 3.63) is 29.3 Å². The van der Waals surface area contributed by atoms with Gasteiger partial charge >= 0.3 is 5.97 Å². The lowest BCUT2D eigenvalue weighted by atomic mass is 9.98. The molecule has 0 spiro atoms. The van der Waals surface area contributed by atoms with Gasteiger partial charge in [0.05, 0.1) is 6.04 Å². The van der Waals surface area contributed by atoms with E-state index in [1.165, 1.54) is 0 Å². The highest BCUT2D eigenvalue weighted by Gasteiger charge is 2.27. The summed E-state index contributed by atoms with van der Waals surface area (Å²) in [5.41, 5.74) is 6.34. The number of benzene rings is 1. The lowest BCUT2D eigenvalue weighted by Crippen LogP contribution is -2.49. The van der Waals surface area contributed by atoms with Gasteiger partial charge in [-0.2, -0.15) is 0 Å². The Morgan fingerprint density at radius 2 is 2.10 bits per heavy atom. The Labute approximate surface area is 123 Å². The minimum atomic E-state index is -1.10.